The molecule has 0 aliphatic heterocycles. The highest BCUT2D eigenvalue weighted by molar-refractivity contribution is 7.47. The molecule has 0 saturated heterocycles. The van der Waals surface area contributed by atoms with Crippen molar-refractivity contribution in [1.82, 2.24) is 0 Å². The summed E-state index contributed by atoms with van der Waals surface area (Å²) in [6.45, 7) is 14.4. The van der Waals surface area contributed by atoms with E-state index in [9.17, 15) is 43.2 Å². The first-order valence-electron chi connectivity index (χ1n) is 45.8. The van der Waals surface area contributed by atoms with E-state index in [4.69, 9.17) is 37.0 Å². The van der Waals surface area contributed by atoms with Gasteiger partial charge in [-0.15, -0.1) is 0 Å². The Morgan fingerprint density at radius 3 is 0.657 bits per heavy atom. The fraction of sp³-hybridized carbons (Fsp3) is 0.955. The van der Waals surface area contributed by atoms with Crippen molar-refractivity contribution in [3.63, 3.8) is 0 Å². The van der Waals surface area contributed by atoms with Crippen LogP contribution in [-0.2, 0) is 65.4 Å². The van der Waals surface area contributed by atoms with Gasteiger partial charge in [0, 0.05) is 25.7 Å². The van der Waals surface area contributed by atoms with Gasteiger partial charge in [-0.1, -0.05) is 415 Å². The molecular weight excluding hydrogens is 1400 g/mol. The Morgan fingerprint density at radius 1 is 0.259 bits per heavy atom. The Bertz CT molecular complexity index is 2100. The molecule has 0 aliphatic carbocycles. The summed E-state index contributed by atoms with van der Waals surface area (Å²) in [5, 5.41) is 10.7. The van der Waals surface area contributed by atoms with E-state index in [0.29, 0.717) is 25.7 Å². The summed E-state index contributed by atoms with van der Waals surface area (Å²) in [6, 6.07) is 0. The molecule has 0 aromatic carbocycles. The number of unbranched alkanes of at least 4 members (excludes halogenated alkanes) is 50. The Balaban J connectivity index is 5.23. The minimum Gasteiger partial charge on any atom is -0.462 e. The Kier molecular flexibility index (Phi) is 76.2. The lowest BCUT2D eigenvalue weighted by Gasteiger charge is -2.21. The van der Waals surface area contributed by atoms with Crippen LogP contribution in [0.5, 0.6) is 0 Å². The van der Waals surface area contributed by atoms with Crippen LogP contribution in [-0.4, -0.2) is 96.7 Å². The lowest BCUT2D eigenvalue weighted by molar-refractivity contribution is -0.161. The highest BCUT2D eigenvalue weighted by Crippen LogP contribution is 2.45. The van der Waals surface area contributed by atoms with Gasteiger partial charge >= 0.3 is 39.5 Å². The molecule has 0 spiro atoms. The number of rotatable bonds is 86. The fourth-order valence-electron chi connectivity index (χ4n) is 13.8. The van der Waals surface area contributed by atoms with E-state index in [0.717, 1.165) is 120 Å². The van der Waals surface area contributed by atoms with Gasteiger partial charge in [-0.3, -0.25) is 37.3 Å². The normalized spacial score (nSPS) is 14.4. The molecule has 3 N–H and O–H groups in total. The van der Waals surface area contributed by atoms with Crippen molar-refractivity contribution < 1.29 is 80.2 Å². The van der Waals surface area contributed by atoms with Gasteiger partial charge in [0.15, 0.2) is 12.2 Å². The first kappa shape index (κ1) is 106. The van der Waals surface area contributed by atoms with E-state index >= 15 is 0 Å². The maximum atomic E-state index is 13.2. The number of aliphatic hydroxyl groups is 1. The molecule has 0 fully saturated rings. The van der Waals surface area contributed by atoms with Gasteiger partial charge in [0.2, 0.25) is 0 Å². The van der Waals surface area contributed by atoms with Gasteiger partial charge in [-0.25, -0.2) is 9.13 Å². The van der Waals surface area contributed by atoms with Crippen molar-refractivity contribution in [2.45, 2.75) is 485 Å². The molecule has 4 unspecified atom stereocenters. The third-order valence-electron chi connectivity index (χ3n) is 21.5. The number of hydrogen-bond donors (Lipinski definition) is 3. The number of carbonyl (C=O) groups is 4. The van der Waals surface area contributed by atoms with Crippen molar-refractivity contribution in [3.05, 3.63) is 0 Å². The zero-order chi connectivity index (χ0) is 79.5. The number of carbonyl (C=O) groups excluding carboxylic acids is 4. The monoisotopic (exact) mass is 1580 g/mol. The van der Waals surface area contributed by atoms with Crippen LogP contribution < -0.4 is 0 Å². The number of esters is 4. The van der Waals surface area contributed by atoms with Gasteiger partial charge < -0.3 is 33.8 Å². The Labute approximate surface area is 664 Å². The average molecular weight is 1580 g/mol. The number of phosphoric ester groups is 2. The highest BCUT2D eigenvalue weighted by Gasteiger charge is 2.31. The number of hydrogen-bond acceptors (Lipinski definition) is 15. The second-order valence-electron chi connectivity index (χ2n) is 33.4. The zero-order valence-electron chi connectivity index (χ0n) is 71.5. The summed E-state index contributed by atoms with van der Waals surface area (Å²) < 4.78 is 69.0. The van der Waals surface area contributed by atoms with Gasteiger partial charge in [0.05, 0.1) is 26.4 Å². The molecule has 19 heteroatoms. The first-order chi connectivity index (χ1) is 52.2. The van der Waals surface area contributed by atoms with E-state index in [1.54, 1.807) is 0 Å². The molecule has 0 amide bonds. The van der Waals surface area contributed by atoms with E-state index in [-0.39, 0.29) is 25.7 Å². The minimum absolute atomic E-state index is 0.107. The maximum Gasteiger partial charge on any atom is 0.472 e. The summed E-state index contributed by atoms with van der Waals surface area (Å²) in [5.41, 5.74) is 0. The summed E-state index contributed by atoms with van der Waals surface area (Å²) in [6.07, 6.45) is 68.1. The molecule has 642 valence electrons. The van der Waals surface area contributed by atoms with Crippen LogP contribution in [0, 0.1) is 23.7 Å². The SMILES string of the molecule is CCC(C)CCCCCCCCCCCCCCCCC(=O)O[C@H](COC(=O)CCCCCCCCC(C)CC)COP(=O)(O)OC[C@H](O)COP(=O)(O)OC[C@@H](COC(=O)CCCCCCCCCCCCCCCCCCC(C)C)OC(=O)CCCCCCCCCCCCCCCCCCCCC(C)C. The van der Waals surface area contributed by atoms with Crippen LogP contribution in [0.4, 0.5) is 0 Å². The third-order valence-corrected chi connectivity index (χ3v) is 23.4. The van der Waals surface area contributed by atoms with Crippen LogP contribution >= 0.6 is 15.6 Å². The number of aliphatic hydroxyl groups excluding tert-OH is 1. The average Bonchev–Trinajstić information content (AvgIpc) is 0.909. The van der Waals surface area contributed by atoms with E-state index in [1.807, 2.05) is 0 Å². The van der Waals surface area contributed by atoms with Gasteiger partial charge in [-0.2, -0.15) is 0 Å². The zero-order valence-corrected chi connectivity index (χ0v) is 73.3. The molecule has 0 bridgehead atoms. The highest BCUT2D eigenvalue weighted by atomic mass is 31.2. The molecule has 0 aromatic heterocycles. The molecule has 0 heterocycles. The number of ether oxygens (including phenoxy) is 4. The summed E-state index contributed by atoms with van der Waals surface area (Å²) in [5.74, 6) is 1.10. The minimum atomic E-state index is -4.97. The largest absolute Gasteiger partial charge is 0.472 e. The Hall–Kier alpha value is -1.94. The van der Waals surface area contributed by atoms with Crippen LogP contribution in [0.3, 0.4) is 0 Å². The van der Waals surface area contributed by atoms with Crippen LogP contribution in [0.15, 0.2) is 0 Å². The van der Waals surface area contributed by atoms with Crippen molar-refractivity contribution in [2.24, 2.45) is 23.7 Å². The predicted octanol–water partition coefficient (Wildman–Crippen LogP) is 27.1. The van der Waals surface area contributed by atoms with E-state index < -0.39 is 97.5 Å². The lowest BCUT2D eigenvalue weighted by atomic mass is 9.99. The van der Waals surface area contributed by atoms with E-state index in [1.165, 1.54) is 263 Å². The van der Waals surface area contributed by atoms with Crippen molar-refractivity contribution in [3.8, 4) is 0 Å². The second-order valence-corrected chi connectivity index (χ2v) is 36.3. The topological polar surface area (TPSA) is 237 Å². The molecule has 0 aromatic rings. The smallest absolute Gasteiger partial charge is 0.462 e. The maximum absolute atomic E-state index is 13.2. The molecule has 17 nitrogen and oxygen atoms in total. The van der Waals surface area contributed by atoms with Gasteiger partial charge in [-0.05, 0) is 49.4 Å². The van der Waals surface area contributed by atoms with E-state index in [2.05, 4.69) is 55.4 Å². The quantitative estimate of drug-likeness (QED) is 0.0222. The molecule has 108 heavy (non-hydrogen) atoms. The van der Waals surface area contributed by atoms with Gasteiger partial charge in [0.1, 0.15) is 19.3 Å². The molecule has 0 radical (unpaired) electrons. The van der Waals surface area contributed by atoms with Crippen molar-refractivity contribution in [1.29, 1.82) is 0 Å². The van der Waals surface area contributed by atoms with Crippen molar-refractivity contribution in [2.75, 3.05) is 39.6 Å². The first-order valence-corrected chi connectivity index (χ1v) is 48.8. The second kappa shape index (κ2) is 77.6. The van der Waals surface area contributed by atoms with Crippen LogP contribution in [0.25, 0.3) is 0 Å². The Morgan fingerprint density at radius 2 is 0.444 bits per heavy atom. The molecule has 7 atom stereocenters. The third kappa shape index (κ3) is 79.3. The van der Waals surface area contributed by atoms with Gasteiger partial charge in [0.25, 0.3) is 0 Å². The molecule has 0 saturated carbocycles. The standard InChI is InChI=1S/C89H174O17P2/c1-9-81(7)67-59-51-43-37-31-25-21-22-28-34-40-46-56-64-72-89(94)106-85(76-100-87(92)70-62-54-48-47-52-60-68-82(8)10-2)78-104-108(97,98)102-74-83(90)73-101-107(95,96)103-77-84(75-99-86(91)69-61-53-44-38-32-26-19-16-15-18-24-30-36-42-50-58-66-80(5)6)105-88(93)71-63-55-45-39-33-27-20-14-12-11-13-17-23-29-35-41-49-57-65-79(3)4/h79-85,90H,9-78H2,1-8H3,(H,95,96)(H,97,98)/t81?,82?,83-,84-,85-/m1/s1. The summed E-state index contributed by atoms with van der Waals surface area (Å²) in [4.78, 5) is 73.3. The van der Waals surface area contributed by atoms with Crippen molar-refractivity contribution >= 4 is 39.5 Å². The predicted molar refractivity (Wildman–Crippen MR) is 446 cm³/mol. The summed E-state index contributed by atoms with van der Waals surface area (Å²) in [7, 11) is -9.93. The lowest BCUT2D eigenvalue weighted by Crippen LogP contribution is -2.30. The van der Waals surface area contributed by atoms with Crippen LogP contribution in [0.2, 0.25) is 0 Å². The molecule has 0 rings (SSSR count). The fourth-order valence-corrected chi connectivity index (χ4v) is 15.4. The molecule has 0 aliphatic rings. The molecular formula is C89H174O17P2. The van der Waals surface area contributed by atoms with Crippen LogP contribution in [0.1, 0.15) is 466 Å². The summed E-state index contributed by atoms with van der Waals surface area (Å²) >= 11 is 0. The number of phosphoric acid groups is 2.